The summed E-state index contributed by atoms with van der Waals surface area (Å²) in [5.41, 5.74) is 5.45. The van der Waals surface area contributed by atoms with Gasteiger partial charge in [-0.25, -0.2) is 18.4 Å². The van der Waals surface area contributed by atoms with Gasteiger partial charge in [0, 0.05) is 43.4 Å². The van der Waals surface area contributed by atoms with Crippen molar-refractivity contribution in [1.29, 1.82) is 0 Å². The smallest absolute Gasteiger partial charge is 0.388 e. The van der Waals surface area contributed by atoms with E-state index in [4.69, 9.17) is 15.6 Å². The van der Waals surface area contributed by atoms with Crippen molar-refractivity contribution < 1.29 is 36.9 Å². The Balaban J connectivity index is 0.000000426. The Labute approximate surface area is 213 Å². The Kier molecular flexibility index (Phi) is 7.85. The van der Waals surface area contributed by atoms with Crippen LogP contribution >= 0.6 is 0 Å². The van der Waals surface area contributed by atoms with Gasteiger partial charge in [-0.1, -0.05) is 0 Å². The standard InChI is InChI=1S/C19H16F4N6O2.C4H9NO2/c1-28-8-10(17(27-28)31-19(22)23)11-9-4-2-5-24-16(9)25-13(11)12-14(15(20)21)26-29-6-3-7-30-18(12)29;1-3(6)2-4(5)7/h2,4-5,8,15,19H,3,6-7H2,1H3,(H,24,25);3,6H,2H2,1H3,(H2,5,7). The summed E-state index contributed by atoms with van der Waals surface area (Å²) >= 11 is 0. The number of carbonyl (C=O) groups is 1. The van der Waals surface area contributed by atoms with Crippen molar-refractivity contribution in [2.24, 2.45) is 12.8 Å². The van der Waals surface area contributed by atoms with Crippen molar-refractivity contribution in [1.82, 2.24) is 29.5 Å². The number of amides is 1. The number of aliphatic hydroxyl groups excluding tert-OH is 1. The van der Waals surface area contributed by atoms with Crippen LogP contribution in [0.5, 0.6) is 11.8 Å². The first-order valence-corrected chi connectivity index (χ1v) is 11.5. The SMILES string of the molecule is CC(O)CC(N)=O.Cn1cc(-c2c(-c3c(C(F)F)nn4c3OCCC4)[nH]c3ncccc23)c(OC(F)F)n1. The molecule has 0 bridgehead atoms. The number of ether oxygens (including phenoxy) is 2. The predicted octanol–water partition coefficient (Wildman–Crippen LogP) is 3.39. The Morgan fingerprint density at radius 3 is 2.68 bits per heavy atom. The van der Waals surface area contributed by atoms with Crippen LogP contribution in [0.4, 0.5) is 17.6 Å². The van der Waals surface area contributed by atoms with Gasteiger partial charge in [-0.05, 0) is 19.1 Å². The van der Waals surface area contributed by atoms with Gasteiger partial charge in [0.25, 0.3) is 6.43 Å². The monoisotopic (exact) mass is 539 g/mol. The zero-order chi connectivity index (χ0) is 27.6. The summed E-state index contributed by atoms with van der Waals surface area (Å²) in [4.78, 5) is 17.2. The highest BCUT2D eigenvalue weighted by atomic mass is 19.3. The summed E-state index contributed by atoms with van der Waals surface area (Å²) in [6.45, 7) is -0.813. The molecular formula is C23H25F4N7O4. The number of primary amides is 1. The second-order valence-corrected chi connectivity index (χ2v) is 8.49. The largest absolute Gasteiger partial charge is 0.477 e. The number of hydrogen-bond acceptors (Lipinski definition) is 7. The molecule has 0 saturated carbocycles. The second kappa shape index (κ2) is 11.1. The van der Waals surface area contributed by atoms with E-state index in [-0.39, 0.29) is 35.0 Å². The van der Waals surface area contributed by atoms with Crippen molar-refractivity contribution in [3.05, 3.63) is 30.2 Å². The number of H-pyrrole nitrogens is 1. The van der Waals surface area contributed by atoms with E-state index in [1.807, 2.05) is 0 Å². The molecular weight excluding hydrogens is 514 g/mol. The maximum absolute atomic E-state index is 13.9. The molecule has 204 valence electrons. The zero-order valence-corrected chi connectivity index (χ0v) is 20.4. The highest BCUT2D eigenvalue weighted by Crippen LogP contribution is 2.47. The molecule has 4 aromatic rings. The Morgan fingerprint density at radius 1 is 1.29 bits per heavy atom. The average Bonchev–Trinajstić information content (AvgIpc) is 3.50. The number of pyridine rings is 1. The number of halogens is 4. The fourth-order valence-corrected chi connectivity index (χ4v) is 4.12. The summed E-state index contributed by atoms with van der Waals surface area (Å²) in [5.74, 6) is -0.603. The van der Waals surface area contributed by atoms with E-state index in [1.54, 1.807) is 19.2 Å². The molecule has 1 aliphatic heterocycles. The van der Waals surface area contributed by atoms with E-state index in [2.05, 4.69) is 24.9 Å². The van der Waals surface area contributed by atoms with Gasteiger partial charge < -0.3 is 25.3 Å². The quantitative estimate of drug-likeness (QED) is 0.305. The number of nitrogens with one attached hydrogen (secondary N) is 1. The van der Waals surface area contributed by atoms with Crippen LogP contribution in [0.1, 0.15) is 31.9 Å². The van der Waals surface area contributed by atoms with Crippen LogP contribution in [0, 0.1) is 0 Å². The van der Waals surface area contributed by atoms with Crippen LogP contribution in [-0.2, 0) is 18.4 Å². The maximum atomic E-state index is 13.9. The Bertz CT molecular complexity index is 1430. The Morgan fingerprint density at radius 2 is 2.05 bits per heavy atom. The van der Waals surface area contributed by atoms with Gasteiger partial charge in [0.05, 0.1) is 36.0 Å². The minimum absolute atomic E-state index is 0.0556. The number of rotatable bonds is 7. The normalized spacial score (nSPS) is 13.7. The first kappa shape index (κ1) is 26.9. The lowest BCUT2D eigenvalue weighted by molar-refractivity contribution is -0.119. The minimum Gasteiger partial charge on any atom is -0.477 e. The third kappa shape index (κ3) is 5.56. The molecule has 11 nitrogen and oxygen atoms in total. The lowest BCUT2D eigenvalue weighted by Gasteiger charge is -2.16. The molecule has 0 aromatic carbocycles. The van der Waals surface area contributed by atoms with Crippen molar-refractivity contribution >= 4 is 16.9 Å². The first-order valence-electron chi connectivity index (χ1n) is 11.5. The van der Waals surface area contributed by atoms with Crippen molar-refractivity contribution in [3.8, 4) is 34.1 Å². The van der Waals surface area contributed by atoms with Crippen LogP contribution in [0.3, 0.4) is 0 Å². The Hall–Kier alpha value is -4.14. The van der Waals surface area contributed by atoms with Crippen LogP contribution in [-0.4, -0.2) is 59.9 Å². The van der Waals surface area contributed by atoms with Gasteiger partial charge in [-0.2, -0.15) is 13.9 Å². The summed E-state index contributed by atoms with van der Waals surface area (Å²) in [5, 5.41) is 16.9. The number of alkyl halides is 4. The number of aromatic nitrogens is 6. The molecule has 0 saturated heterocycles. The van der Waals surface area contributed by atoms with Gasteiger partial charge in [-0.3, -0.25) is 9.48 Å². The third-order valence-corrected chi connectivity index (χ3v) is 5.47. The molecule has 15 heteroatoms. The average molecular weight is 539 g/mol. The molecule has 5 heterocycles. The molecule has 4 N–H and O–H groups in total. The molecule has 1 unspecified atom stereocenters. The van der Waals surface area contributed by atoms with Crippen LogP contribution < -0.4 is 15.2 Å². The van der Waals surface area contributed by atoms with Crippen molar-refractivity contribution in [2.75, 3.05) is 6.61 Å². The number of hydrogen-bond donors (Lipinski definition) is 3. The van der Waals surface area contributed by atoms with E-state index in [9.17, 15) is 22.4 Å². The van der Waals surface area contributed by atoms with Crippen LogP contribution in [0.15, 0.2) is 24.5 Å². The fraction of sp³-hybridized carbons (Fsp3) is 0.391. The molecule has 4 aromatic heterocycles. The number of nitrogens with zero attached hydrogens (tertiary/aromatic N) is 5. The van der Waals surface area contributed by atoms with Crippen LogP contribution in [0.25, 0.3) is 33.4 Å². The molecule has 0 aliphatic carbocycles. The zero-order valence-electron chi connectivity index (χ0n) is 20.4. The number of aromatic amines is 1. The highest BCUT2D eigenvalue weighted by molar-refractivity contribution is 6.04. The number of aryl methyl sites for hydroxylation is 2. The van der Waals surface area contributed by atoms with Crippen LogP contribution in [0.2, 0.25) is 0 Å². The minimum atomic E-state index is -3.11. The molecule has 0 radical (unpaired) electrons. The van der Waals surface area contributed by atoms with Gasteiger partial charge in [0.2, 0.25) is 17.7 Å². The maximum Gasteiger partial charge on any atom is 0.388 e. The summed E-state index contributed by atoms with van der Waals surface area (Å²) in [6, 6.07) is 3.36. The highest BCUT2D eigenvalue weighted by Gasteiger charge is 2.33. The van der Waals surface area contributed by atoms with E-state index >= 15 is 0 Å². The lowest BCUT2D eigenvalue weighted by Crippen LogP contribution is -2.16. The molecule has 1 atom stereocenters. The van der Waals surface area contributed by atoms with Gasteiger partial charge in [0.1, 0.15) is 11.3 Å². The molecule has 1 amide bonds. The molecule has 5 rings (SSSR count). The topological polar surface area (TPSA) is 146 Å². The first-order chi connectivity index (χ1) is 18.1. The number of fused-ring (bicyclic) bond motifs is 2. The molecule has 0 fully saturated rings. The lowest BCUT2D eigenvalue weighted by atomic mass is 10.0. The summed E-state index contributed by atoms with van der Waals surface area (Å²) in [7, 11) is 1.55. The van der Waals surface area contributed by atoms with E-state index in [0.29, 0.717) is 36.2 Å². The van der Waals surface area contributed by atoms with E-state index in [0.717, 1.165) is 0 Å². The fourth-order valence-electron chi connectivity index (χ4n) is 4.12. The van der Waals surface area contributed by atoms with E-state index in [1.165, 1.54) is 28.7 Å². The number of aliphatic hydroxyl groups is 1. The third-order valence-electron chi connectivity index (χ3n) is 5.47. The number of nitrogens with two attached hydrogens (primary N) is 1. The summed E-state index contributed by atoms with van der Waals surface area (Å²) < 4.78 is 66.9. The number of carbonyl (C=O) groups excluding carboxylic acids is 1. The molecule has 0 spiro atoms. The van der Waals surface area contributed by atoms with Crippen molar-refractivity contribution in [2.45, 2.75) is 45.5 Å². The molecule has 38 heavy (non-hydrogen) atoms. The predicted molar refractivity (Wildman–Crippen MR) is 127 cm³/mol. The second-order valence-electron chi connectivity index (χ2n) is 8.49. The van der Waals surface area contributed by atoms with Gasteiger partial charge in [0.15, 0.2) is 0 Å². The van der Waals surface area contributed by atoms with Crippen molar-refractivity contribution in [3.63, 3.8) is 0 Å². The van der Waals surface area contributed by atoms with Gasteiger partial charge in [-0.15, -0.1) is 5.10 Å². The van der Waals surface area contributed by atoms with Gasteiger partial charge >= 0.3 is 6.61 Å². The molecule has 1 aliphatic rings. The summed E-state index contributed by atoms with van der Waals surface area (Å²) in [6.07, 6.45) is 0.222. The van der Waals surface area contributed by atoms with E-state index < -0.39 is 30.7 Å².